The van der Waals surface area contributed by atoms with Gasteiger partial charge < -0.3 is 4.57 Å². The van der Waals surface area contributed by atoms with Crippen LogP contribution < -0.4 is 0 Å². The highest BCUT2D eigenvalue weighted by Crippen LogP contribution is 2.23. The summed E-state index contributed by atoms with van der Waals surface area (Å²) in [6, 6.07) is 0. The van der Waals surface area contributed by atoms with Gasteiger partial charge in [-0.3, -0.25) is 0 Å². The first-order valence-corrected chi connectivity index (χ1v) is 5.37. The van der Waals surface area contributed by atoms with Crippen molar-refractivity contribution in [3.8, 4) is 0 Å². The van der Waals surface area contributed by atoms with Crippen LogP contribution in [0.3, 0.4) is 0 Å². The van der Waals surface area contributed by atoms with E-state index >= 15 is 0 Å². The number of allylic oxidation sites excluding steroid dienone is 3. The number of hydrogen-bond acceptors (Lipinski definition) is 1. The molecule has 1 heterocycles. The maximum Gasteiger partial charge on any atom is 0.166 e. The third-order valence-corrected chi connectivity index (χ3v) is 2.95. The summed E-state index contributed by atoms with van der Waals surface area (Å²) < 4.78 is 1.81. The van der Waals surface area contributed by atoms with E-state index in [1.165, 1.54) is 11.1 Å². The Hall–Kier alpha value is -0.730. The lowest BCUT2D eigenvalue weighted by atomic mass is 10.0. The van der Waals surface area contributed by atoms with Gasteiger partial charge in [0.25, 0.3) is 0 Å². The Kier molecular flexibility index (Phi) is 4.00. The predicted octanol–water partition coefficient (Wildman–Crippen LogP) is 4.10. The molecule has 15 heavy (non-hydrogen) atoms. The number of imidazole rings is 1. The van der Waals surface area contributed by atoms with Crippen molar-refractivity contribution in [2.24, 2.45) is 0 Å². The van der Waals surface area contributed by atoms with Crippen LogP contribution in [0.4, 0.5) is 0 Å². The SMILES string of the molecule is C=C(C)C(Cn1cnc(Cl)c1Cl)=C(C)C. The molecule has 0 unspecified atom stereocenters. The van der Waals surface area contributed by atoms with Gasteiger partial charge in [0.2, 0.25) is 0 Å². The Labute approximate surface area is 100 Å². The van der Waals surface area contributed by atoms with Gasteiger partial charge in [0.1, 0.15) is 5.15 Å². The van der Waals surface area contributed by atoms with Crippen LogP contribution in [0.15, 0.2) is 29.6 Å². The van der Waals surface area contributed by atoms with Gasteiger partial charge in [0.05, 0.1) is 12.9 Å². The van der Waals surface area contributed by atoms with Crippen molar-refractivity contribution < 1.29 is 0 Å². The van der Waals surface area contributed by atoms with Gasteiger partial charge in [-0.2, -0.15) is 0 Å². The second-order valence-corrected chi connectivity index (χ2v) is 4.43. The molecule has 0 saturated carbocycles. The van der Waals surface area contributed by atoms with E-state index in [-0.39, 0.29) is 0 Å². The van der Waals surface area contributed by atoms with E-state index in [1.54, 1.807) is 10.9 Å². The first-order valence-electron chi connectivity index (χ1n) is 4.61. The smallest absolute Gasteiger partial charge is 0.166 e. The number of aromatic nitrogens is 2. The topological polar surface area (TPSA) is 17.8 Å². The van der Waals surface area contributed by atoms with Crippen molar-refractivity contribution in [1.82, 2.24) is 9.55 Å². The molecular formula is C11H14Cl2N2. The molecule has 2 nitrogen and oxygen atoms in total. The lowest BCUT2D eigenvalue weighted by molar-refractivity contribution is 0.781. The van der Waals surface area contributed by atoms with Crippen molar-refractivity contribution in [3.05, 3.63) is 39.9 Å². The van der Waals surface area contributed by atoms with E-state index in [0.717, 1.165) is 5.57 Å². The molecule has 0 atom stereocenters. The molecule has 1 rings (SSSR count). The summed E-state index contributed by atoms with van der Waals surface area (Å²) in [5, 5.41) is 0.808. The summed E-state index contributed by atoms with van der Waals surface area (Å²) in [6.07, 6.45) is 1.64. The number of halogens is 2. The minimum Gasteiger partial charge on any atom is -0.316 e. The van der Waals surface area contributed by atoms with Crippen LogP contribution in [0.2, 0.25) is 10.3 Å². The zero-order valence-corrected chi connectivity index (χ0v) is 10.7. The lowest BCUT2D eigenvalue weighted by Gasteiger charge is -2.11. The Morgan fingerprint density at radius 2 is 2.00 bits per heavy atom. The molecule has 0 saturated heterocycles. The Morgan fingerprint density at radius 3 is 2.33 bits per heavy atom. The van der Waals surface area contributed by atoms with Crippen molar-refractivity contribution >= 4 is 23.2 Å². The molecule has 0 amide bonds. The van der Waals surface area contributed by atoms with Crippen molar-refractivity contribution in [1.29, 1.82) is 0 Å². The van der Waals surface area contributed by atoms with Crippen molar-refractivity contribution in [2.75, 3.05) is 0 Å². The van der Waals surface area contributed by atoms with E-state index in [1.807, 2.05) is 6.92 Å². The minimum absolute atomic E-state index is 0.339. The third kappa shape index (κ3) is 2.86. The highest BCUT2D eigenvalue weighted by atomic mass is 35.5. The van der Waals surface area contributed by atoms with Gasteiger partial charge in [0.15, 0.2) is 5.15 Å². The first-order chi connectivity index (χ1) is 6.93. The first kappa shape index (κ1) is 12.3. The molecule has 1 aromatic heterocycles. The average molecular weight is 245 g/mol. The predicted molar refractivity (Wildman–Crippen MR) is 65.4 cm³/mol. The number of nitrogens with zero attached hydrogens (tertiary/aromatic N) is 2. The Balaban J connectivity index is 3.00. The molecule has 0 aromatic carbocycles. The summed E-state index contributed by atoms with van der Waals surface area (Å²) >= 11 is 11.7. The fourth-order valence-corrected chi connectivity index (χ4v) is 1.65. The van der Waals surface area contributed by atoms with E-state index in [4.69, 9.17) is 23.2 Å². The molecule has 0 N–H and O–H groups in total. The van der Waals surface area contributed by atoms with Crippen molar-refractivity contribution in [2.45, 2.75) is 27.3 Å². The van der Waals surface area contributed by atoms with E-state index in [0.29, 0.717) is 16.9 Å². The summed E-state index contributed by atoms with van der Waals surface area (Å²) in [5.74, 6) is 0. The molecule has 0 aliphatic heterocycles. The summed E-state index contributed by atoms with van der Waals surface area (Å²) in [7, 11) is 0. The van der Waals surface area contributed by atoms with Crippen LogP contribution in [0.25, 0.3) is 0 Å². The highest BCUT2D eigenvalue weighted by Gasteiger charge is 2.08. The van der Waals surface area contributed by atoms with Crippen LogP contribution in [-0.4, -0.2) is 9.55 Å². The molecule has 0 fully saturated rings. The summed E-state index contributed by atoms with van der Waals surface area (Å²) in [6.45, 7) is 10.7. The number of hydrogen-bond donors (Lipinski definition) is 0. The van der Waals surface area contributed by atoms with Gasteiger partial charge in [0, 0.05) is 0 Å². The van der Waals surface area contributed by atoms with Crippen LogP contribution in [0.1, 0.15) is 20.8 Å². The van der Waals surface area contributed by atoms with Crippen LogP contribution in [-0.2, 0) is 6.54 Å². The van der Waals surface area contributed by atoms with Gasteiger partial charge in [-0.25, -0.2) is 4.98 Å². The van der Waals surface area contributed by atoms with Crippen LogP contribution >= 0.6 is 23.2 Å². The molecular weight excluding hydrogens is 231 g/mol. The van der Waals surface area contributed by atoms with Crippen molar-refractivity contribution in [3.63, 3.8) is 0 Å². The van der Waals surface area contributed by atoms with Gasteiger partial charge in [-0.15, -0.1) is 0 Å². The highest BCUT2D eigenvalue weighted by molar-refractivity contribution is 6.40. The molecule has 0 radical (unpaired) electrons. The molecule has 82 valence electrons. The van der Waals surface area contributed by atoms with Gasteiger partial charge in [-0.05, 0) is 26.3 Å². The molecule has 0 bridgehead atoms. The van der Waals surface area contributed by atoms with E-state index in [2.05, 4.69) is 25.4 Å². The maximum atomic E-state index is 5.98. The minimum atomic E-state index is 0.339. The monoisotopic (exact) mass is 244 g/mol. The fourth-order valence-electron chi connectivity index (χ4n) is 1.34. The molecule has 0 aliphatic rings. The second kappa shape index (κ2) is 4.86. The van der Waals surface area contributed by atoms with Gasteiger partial charge in [-0.1, -0.05) is 40.9 Å². The third-order valence-electron chi connectivity index (χ3n) is 2.18. The molecule has 4 heteroatoms. The second-order valence-electron chi connectivity index (χ2n) is 3.71. The normalized spacial score (nSPS) is 10.2. The largest absolute Gasteiger partial charge is 0.316 e. The molecule has 1 aromatic rings. The molecule has 0 aliphatic carbocycles. The Bertz CT molecular complexity index is 412. The quantitative estimate of drug-likeness (QED) is 0.733. The zero-order chi connectivity index (χ0) is 11.6. The van der Waals surface area contributed by atoms with Gasteiger partial charge >= 0.3 is 0 Å². The maximum absolute atomic E-state index is 5.98. The summed E-state index contributed by atoms with van der Waals surface area (Å²) in [4.78, 5) is 3.93. The number of rotatable bonds is 3. The van der Waals surface area contributed by atoms with Crippen LogP contribution in [0.5, 0.6) is 0 Å². The zero-order valence-electron chi connectivity index (χ0n) is 9.14. The Morgan fingerprint density at radius 1 is 1.40 bits per heavy atom. The lowest BCUT2D eigenvalue weighted by Crippen LogP contribution is -2.02. The summed E-state index contributed by atoms with van der Waals surface area (Å²) in [5.41, 5.74) is 3.44. The average Bonchev–Trinajstić information content (AvgIpc) is 2.43. The standard InChI is InChI=1S/C11H14Cl2N2/c1-7(2)9(8(3)4)5-15-6-14-10(12)11(15)13/h6H,1,5H2,2-4H3. The van der Waals surface area contributed by atoms with E-state index in [9.17, 15) is 0 Å². The fraction of sp³-hybridized carbons (Fsp3) is 0.364. The van der Waals surface area contributed by atoms with Crippen LogP contribution in [0, 0.1) is 0 Å². The van der Waals surface area contributed by atoms with E-state index < -0.39 is 0 Å². The molecule has 0 spiro atoms.